The summed E-state index contributed by atoms with van der Waals surface area (Å²) < 4.78 is 12.3. The lowest BCUT2D eigenvalue weighted by atomic mass is 9.65. The van der Waals surface area contributed by atoms with Gasteiger partial charge in [0.05, 0.1) is 6.61 Å². The summed E-state index contributed by atoms with van der Waals surface area (Å²) in [6.45, 7) is 9.29. The van der Waals surface area contributed by atoms with Crippen LogP contribution in [0, 0.1) is 0 Å². The van der Waals surface area contributed by atoms with Gasteiger partial charge in [0.2, 0.25) is 5.91 Å². The molecule has 0 fully saturated rings. The van der Waals surface area contributed by atoms with Gasteiger partial charge in [0, 0.05) is 29.3 Å². The number of nitrogens with one attached hydrogen (secondary N) is 1. The van der Waals surface area contributed by atoms with E-state index in [9.17, 15) is 4.79 Å². The van der Waals surface area contributed by atoms with E-state index < -0.39 is 11.0 Å². The first-order valence-electron chi connectivity index (χ1n) is 9.65. The third-order valence-corrected chi connectivity index (χ3v) is 6.36. The van der Waals surface area contributed by atoms with Crippen LogP contribution in [0.1, 0.15) is 57.2 Å². The topological polar surface area (TPSA) is 47.6 Å². The Morgan fingerprint density at radius 2 is 1.74 bits per heavy atom. The number of hydrogen-bond acceptors (Lipinski definition) is 3. The summed E-state index contributed by atoms with van der Waals surface area (Å²) in [5.41, 5.74) is 2.89. The van der Waals surface area contributed by atoms with Crippen LogP contribution in [0.4, 0.5) is 5.69 Å². The maximum atomic E-state index is 13.4. The molecule has 0 aromatic heterocycles. The number of benzene rings is 2. The number of carbonyl (C=O) groups is 1. The Morgan fingerprint density at radius 3 is 2.56 bits per heavy atom. The molecule has 3 aliphatic rings. The molecule has 1 amide bonds. The number of hydrogen-bond donors (Lipinski definition) is 1. The lowest BCUT2D eigenvalue weighted by Crippen LogP contribution is -2.49. The number of para-hydroxylation sites is 1. The molecule has 1 atom stereocenters. The number of amides is 1. The Labute approximate surface area is 159 Å². The molecule has 0 saturated heterocycles. The Balaban J connectivity index is 1.83. The Kier molecular flexibility index (Phi) is 3.12. The zero-order valence-electron chi connectivity index (χ0n) is 16.3. The summed E-state index contributed by atoms with van der Waals surface area (Å²) in [5, 5.41) is 3.11. The Hall–Kier alpha value is -2.49. The van der Waals surface area contributed by atoms with E-state index in [0.29, 0.717) is 13.0 Å². The molecule has 4 heteroatoms. The van der Waals surface area contributed by atoms with Crippen molar-refractivity contribution in [3.05, 3.63) is 53.1 Å². The van der Waals surface area contributed by atoms with Crippen LogP contribution in [0.3, 0.4) is 0 Å². The van der Waals surface area contributed by atoms with Crippen molar-refractivity contribution in [1.29, 1.82) is 0 Å². The zero-order valence-corrected chi connectivity index (χ0v) is 16.3. The molecule has 0 saturated carbocycles. The van der Waals surface area contributed by atoms with Crippen molar-refractivity contribution in [2.75, 3.05) is 11.9 Å². The average Bonchev–Trinajstić information content (AvgIpc) is 2.85. The van der Waals surface area contributed by atoms with Gasteiger partial charge in [-0.25, -0.2) is 0 Å². The Bertz CT molecular complexity index is 976. The van der Waals surface area contributed by atoms with Gasteiger partial charge in [-0.2, -0.15) is 0 Å². The molecule has 5 rings (SSSR count). The van der Waals surface area contributed by atoms with E-state index in [1.807, 2.05) is 24.3 Å². The van der Waals surface area contributed by atoms with Crippen molar-refractivity contribution < 1.29 is 14.3 Å². The van der Waals surface area contributed by atoms with Crippen LogP contribution in [0.5, 0.6) is 11.5 Å². The van der Waals surface area contributed by atoms with Gasteiger partial charge in [-0.3, -0.25) is 4.79 Å². The van der Waals surface area contributed by atoms with Crippen molar-refractivity contribution in [3.8, 4) is 11.5 Å². The maximum absolute atomic E-state index is 13.4. The lowest BCUT2D eigenvalue weighted by Gasteiger charge is -2.44. The number of carbonyl (C=O) groups excluding carboxylic acids is 1. The average molecular weight is 363 g/mol. The predicted octanol–water partition coefficient (Wildman–Crippen LogP) is 4.55. The van der Waals surface area contributed by atoms with Gasteiger partial charge in [-0.15, -0.1) is 0 Å². The third-order valence-electron chi connectivity index (χ3n) is 6.36. The number of anilines is 1. The fourth-order valence-electron chi connectivity index (χ4n) is 5.00. The molecular weight excluding hydrogens is 338 g/mol. The summed E-state index contributed by atoms with van der Waals surface area (Å²) in [7, 11) is 0. The third kappa shape index (κ3) is 2.19. The molecular formula is C23H25NO3. The van der Waals surface area contributed by atoms with Crippen molar-refractivity contribution in [2.24, 2.45) is 0 Å². The van der Waals surface area contributed by atoms with E-state index in [-0.39, 0.29) is 11.3 Å². The van der Waals surface area contributed by atoms with Gasteiger partial charge < -0.3 is 14.8 Å². The van der Waals surface area contributed by atoms with E-state index in [2.05, 4.69) is 45.1 Å². The second-order valence-corrected chi connectivity index (χ2v) is 9.27. The van der Waals surface area contributed by atoms with Crippen LogP contribution < -0.4 is 14.8 Å². The van der Waals surface area contributed by atoms with E-state index in [0.717, 1.165) is 40.3 Å². The molecule has 140 valence electrons. The molecule has 1 spiro atoms. The van der Waals surface area contributed by atoms with Gasteiger partial charge in [-0.05, 0) is 43.4 Å². The highest BCUT2D eigenvalue weighted by Crippen LogP contribution is 2.56. The number of rotatable bonds is 0. The van der Waals surface area contributed by atoms with Crippen LogP contribution in [-0.4, -0.2) is 18.1 Å². The highest BCUT2D eigenvalue weighted by Gasteiger charge is 2.56. The molecule has 27 heavy (non-hydrogen) atoms. The number of ether oxygens (including phenoxy) is 2. The Morgan fingerprint density at radius 1 is 0.963 bits per heavy atom. The van der Waals surface area contributed by atoms with Gasteiger partial charge in [0.25, 0.3) is 0 Å². The fourth-order valence-corrected chi connectivity index (χ4v) is 5.00. The molecule has 2 aromatic carbocycles. The van der Waals surface area contributed by atoms with Crippen molar-refractivity contribution in [2.45, 2.75) is 57.0 Å². The summed E-state index contributed by atoms with van der Waals surface area (Å²) >= 11 is 0. The van der Waals surface area contributed by atoms with E-state index in [1.165, 1.54) is 0 Å². The van der Waals surface area contributed by atoms with E-state index >= 15 is 0 Å². The lowest BCUT2D eigenvalue weighted by molar-refractivity contribution is -0.122. The van der Waals surface area contributed by atoms with Gasteiger partial charge in [0.1, 0.15) is 22.5 Å². The fraction of sp³-hybridized carbons (Fsp3) is 0.435. The minimum atomic E-state index is -0.726. The molecule has 0 aliphatic carbocycles. The standard InChI is InChI=1S/C23H25NO3/c1-21(2)9-10-26-18-12-19-16(11-15(18)21)23(13-22(3,4)27-19)14-7-5-6-8-17(14)24-20(23)25/h5-8,11-12H,9-10,13H2,1-4H3,(H,24,25). The molecule has 3 heterocycles. The molecule has 4 nitrogen and oxygen atoms in total. The van der Waals surface area contributed by atoms with Crippen LogP contribution >= 0.6 is 0 Å². The first-order chi connectivity index (χ1) is 12.7. The summed E-state index contributed by atoms with van der Waals surface area (Å²) in [6.07, 6.45) is 1.57. The molecule has 2 aromatic rings. The molecule has 1 unspecified atom stereocenters. The second-order valence-electron chi connectivity index (χ2n) is 9.27. The summed E-state index contributed by atoms with van der Waals surface area (Å²) in [5.74, 6) is 1.68. The molecule has 1 N–H and O–H groups in total. The first-order valence-corrected chi connectivity index (χ1v) is 9.65. The van der Waals surface area contributed by atoms with E-state index in [1.54, 1.807) is 0 Å². The van der Waals surface area contributed by atoms with Gasteiger partial charge in [0.15, 0.2) is 0 Å². The van der Waals surface area contributed by atoms with Crippen molar-refractivity contribution in [3.63, 3.8) is 0 Å². The maximum Gasteiger partial charge on any atom is 0.239 e. The van der Waals surface area contributed by atoms with E-state index in [4.69, 9.17) is 9.47 Å². The molecule has 0 bridgehead atoms. The normalized spacial score (nSPS) is 26.3. The largest absolute Gasteiger partial charge is 0.493 e. The minimum absolute atomic E-state index is 0.00532. The zero-order chi connectivity index (χ0) is 19.0. The van der Waals surface area contributed by atoms with Crippen LogP contribution in [-0.2, 0) is 15.6 Å². The smallest absolute Gasteiger partial charge is 0.239 e. The highest BCUT2D eigenvalue weighted by molar-refractivity contribution is 6.09. The van der Waals surface area contributed by atoms with Crippen LogP contribution in [0.25, 0.3) is 0 Å². The van der Waals surface area contributed by atoms with Crippen molar-refractivity contribution >= 4 is 11.6 Å². The molecule has 0 radical (unpaired) electrons. The predicted molar refractivity (Wildman–Crippen MR) is 105 cm³/mol. The monoisotopic (exact) mass is 363 g/mol. The van der Waals surface area contributed by atoms with Crippen molar-refractivity contribution in [1.82, 2.24) is 0 Å². The number of fused-ring (bicyclic) bond motifs is 5. The van der Waals surface area contributed by atoms with Gasteiger partial charge >= 0.3 is 0 Å². The van der Waals surface area contributed by atoms with Crippen LogP contribution in [0.15, 0.2) is 36.4 Å². The first kappa shape index (κ1) is 16.7. The second kappa shape index (κ2) is 5.06. The molecule has 3 aliphatic heterocycles. The SMILES string of the molecule is CC1(C)CC2(C(=O)Nc3ccccc32)c2cc3c(cc2O1)OCCC3(C)C. The quantitative estimate of drug-likeness (QED) is 0.747. The van der Waals surface area contributed by atoms with Gasteiger partial charge in [-0.1, -0.05) is 32.0 Å². The minimum Gasteiger partial charge on any atom is -0.493 e. The highest BCUT2D eigenvalue weighted by atomic mass is 16.5. The van der Waals surface area contributed by atoms with Crippen LogP contribution in [0.2, 0.25) is 0 Å². The summed E-state index contributed by atoms with van der Waals surface area (Å²) in [6, 6.07) is 12.2. The summed E-state index contributed by atoms with van der Waals surface area (Å²) in [4.78, 5) is 13.4.